The maximum absolute atomic E-state index is 5.40. The average Bonchev–Trinajstić information content (AvgIpc) is 2.52. The van der Waals surface area contributed by atoms with Gasteiger partial charge in [0.1, 0.15) is 5.75 Å². The molecule has 1 N–H and O–H groups in total. The van der Waals surface area contributed by atoms with E-state index < -0.39 is 0 Å². The molecule has 2 rings (SSSR count). The lowest BCUT2D eigenvalue weighted by Gasteiger charge is -2.18. The second-order valence-electron chi connectivity index (χ2n) is 5.03. The van der Waals surface area contributed by atoms with Crippen LogP contribution in [0.1, 0.15) is 30.5 Å². The Kier molecular flexibility index (Phi) is 6.27. The van der Waals surface area contributed by atoms with Crippen molar-refractivity contribution in [1.29, 1.82) is 0 Å². The van der Waals surface area contributed by atoms with Crippen molar-refractivity contribution in [2.45, 2.75) is 25.8 Å². The Bertz CT molecular complexity index is 571. The molecule has 0 radical (unpaired) electrons. The highest BCUT2D eigenvalue weighted by Gasteiger charge is 2.09. The Labute approximate surface area is 135 Å². The highest BCUT2D eigenvalue weighted by atomic mass is 79.9. The minimum absolute atomic E-state index is 0.386. The average molecular weight is 348 g/mol. The minimum Gasteiger partial charge on any atom is -0.496 e. The van der Waals surface area contributed by atoms with Gasteiger partial charge in [-0.3, -0.25) is 0 Å². The number of para-hydroxylation sites is 1. The van der Waals surface area contributed by atoms with Crippen LogP contribution in [0.4, 0.5) is 0 Å². The van der Waals surface area contributed by atoms with Crippen molar-refractivity contribution >= 4 is 15.9 Å². The highest BCUT2D eigenvalue weighted by molar-refractivity contribution is 9.10. The summed E-state index contributed by atoms with van der Waals surface area (Å²) >= 11 is 3.54. The zero-order valence-corrected chi connectivity index (χ0v) is 14.2. The van der Waals surface area contributed by atoms with Gasteiger partial charge < -0.3 is 10.1 Å². The third-order valence-electron chi connectivity index (χ3n) is 3.64. The molecular formula is C18H22BrNO. The maximum Gasteiger partial charge on any atom is 0.122 e. The standard InChI is InChI=1S/C18H22BrNO/c1-3-17(15-8-6-9-16(19)13-15)20-12-11-14-7-4-5-10-18(14)21-2/h4-10,13,17,20H,3,11-12H2,1-2H3. The molecule has 0 aliphatic heterocycles. The molecule has 0 aliphatic rings. The van der Waals surface area contributed by atoms with Gasteiger partial charge in [0.05, 0.1) is 7.11 Å². The van der Waals surface area contributed by atoms with Gasteiger partial charge in [0.2, 0.25) is 0 Å². The molecule has 2 nitrogen and oxygen atoms in total. The predicted molar refractivity (Wildman–Crippen MR) is 91.9 cm³/mol. The summed E-state index contributed by atoms with van der Waals surface area (Å²) in [5.41, 5.74) is 2.57. The third kappa shape index (κ3) is 4.58. The monoisotopic (exact) mass is 347 g/mol. The summed E-state index contributed by atoms with van der Waals surface area (Å²) in [6, 6.07) is 17.1. The van der Waals surface area contributed by atoms with E-state index in [-0.39, 0.29) is 0 Å². The Balaban J connectivity index is 1.95. The van der Waals surface area contributed by atoms with Gasteiger partial charge in [0, 0.05) is 10.5 Å². The lowest BCUT2D eigenvalue weighted by Crippen LogP contribution is -2.23. The molecule has 2 aromatic rings. The van der Waals surface area contributed by atoms with E-state index >= 15 is 0 Å². The number of nitrogens with one attached hydrogen (secondary N) is 1. The van der Waals surface area contributed by atoms with E-state index in [2.05, 4.69) is 64.6 Å². The predicted octanol–water partition coefficient (Wildman–Crippen LogP) is 4.74. The lowest BCUT2D eigenvalue weighted by atomic mass is 10.0. The summed E-state index contributed by atoms with van der Waals surface area (Å²) < 4.78 is 6.53. The fourth-order valence-corrected chi connectivity index (χ4v) is 2.93. The molecule has 0 aromatic heterocycles. The SMILES string of the molecule is CCC(NCCc1ccccc1OC)c1cccc(Br)c1. The molecule has 2 aromatic carbocycles. The van der Waals surface area contributed by atoms with Gasteiger partial charge in [-0.1, -0.05) is 53.2 Å². The van der Waals surface area contributed by atoms with Crippen LogP contribution in [0.2, 0.25) is 0 Å². The van der Waals surface area contributed by atoms with Crippen LogP contribution in [-0.2, 0) is 6.42 Å². The van der Waals surface area contributed by atoms with Crippen LogP contribution in [-0.4, -0.2) is 13.7 Å². The second kappa shape index (κ2) is 8.20. The molecule has 112 valence electrons. The van der Waals surface area contributed by atoms with Crippen molar-refractivity contribution in [2.24, 2.45) is 0 Å². The van der Waals surface area contributed by atoms with Crippen molar-refractivity contribution in [1.82, 2.24) is 5.32 Å². The number of hydrogen-bond donors (Lipinski definition) is 1. The lowest BCUT2D eigenvalue weighted by molar-refractivity contribution is 0.408. The molecule has 0 amide bonds. The molecule has 3 heteroatoms. The molecule has 0 bridgehead atoms. The zero-order valence-electron chi connectivity index (χ0n) is 12.6. The van der Waals surface area contributed by atoms with Gasteiger partial charge in [-0.05, 0) is 48.7 Å². The largest absolute Gasteiger partial charge is 0.496 e. The highest BCUT2D eigenvalue weighted by Crippen LogP contribution is 2.21. The van der Waals surface area contributed by atoms with E-state index in [1.165, 1.54) is 11.1 Å². The summed E-state index contributed by atoms with van der Waals surface area (Å²) in [6.07, 6.45) is 2.04. The fourth-order valence-electron chi connectivity index (χ4n) is 2.51. The normalized spacial score (nSPS) is 12.1. The van der Waals surface area contributed by atoms with Gasteiger partial charge in [-0.25, -0.2) is 0 Å². The van der Waals surface area contributed by atoms with Crippen molar-refractivity contribution < 1.29 is 4.74 Å². The van der Waals surface area contributed by atoms with Crippen LogP contribution in [0.5, 0.6) is 5.75 Å². The van der Waals surface area contributed by atoms with Crippen LogP contribution >= 0.6 is 15.9 Å². The van der Waals surface area contributed by atoms with E-state index in [4.69, 9.17) is 4.74 Å². The second-order valence-corrected chi connectivity index (χ2v) is 5.95. The van der Waals surface area contributed by atoms with E-state index in [0.29, 0.717) is 6.04 Å². The molecule has 1 unspecified atom stereocenters. The summed E-state index contributed by atoms with van der Waals surface area (Å²) in [5, 5.41) is 3.64. The van der Waals surface area contributed by atoms with Crippen molar-refractivity contribution in [3.05, 3.63) is 64.1 Å². The van der Waals surface area contributed by atoms with E-state index in [1.54, 1.807) is 7.11 Å². The Morgan fingerprint density at radius 1 is 1.14 bits per heavy atom. The van der Waals surface area contributed by atoms with Gasteiger partial charge in [0.15, 0.2) is 0 Å². The smallest absolute Gasteiger partial charge is 0.122 e. The molecule has 0 heterocycles. The van der Waals surface area contributed by atoms with Crippen molar-refractivity contribution in [2.75, 3.05) is 13.7 Å². The van der Waals surface area contributed by atoms with Gasteiger partial charge in [0.25, 0.3) is 0 Å². The van der Waals surface area contributed by atoms with E-state index in [9.17, 15) is 0 Å². The molecule has 0 saturated heterocycles. The molecule has 0 aliphatic carbocycles. The quantitative estimate of drug-likeness (QED) is 0.780. The summed E-state index contributed by atoms with van der Waals surface area (Å²) in [5.74, 6) is 0.967. The van der Waals surface area contributed by atoms with Crippen LogP contribution in [0, 0.1) is 0 Å². The van der Waals surface area contributed by atoms with Gasteiger partial charge in [-0.2, -0.15) is 0 Å². The number of rotatable bonds is 7. The number of ether oxygens (including phenoxy) is 1. The number of hydrogen-bond acceptors (Lipinski definition) is 2. The van der Waals surface area contributed by atoms with E-state index in [0.717, 1.165) is 29.6 Å². The molecule has 21 heavy (non-hydrogen) atoms. The summed E-state index contributed by atoms with van der Waals surface area (Å²) in [7, 11) is 1.72. The molecule has 0 fully saturated rings. The first-order valence-corrected chi connectivity index (χ1v) is 8.14. The molecule has 1 atom stereocenters. The maximum atomic E-state index is 5.40. The Hall–Kier alpha value is -1.32. The third-order valence-corrected chi connectivity index (χ3v) is 4.13. The Morgan fingerprint density at radius 2 is 1.95 bits per heavy atom. The number of halogens is 1. The first kappa shape index (κ1) is 16.1. The van der Waals surface area contributed by atoms with Crippen molar-refractivity contribution in [3.8, 4) is 5.75 Å². The van der Waals surface area contributed by atoms with Crippen LogP contribution in [0.3, 0.4) is 0 Å². The fraction of sp³-hybridized carbons (Fsp3) is 0.333. The molecular weight excluding hydrogens is 326 g/mol. The molecule has 0 spiro atoms. The van der Waals surface area contributed by atoms with Gasteiger partial charge >= 0.3 is 0 Å². The van der Waals surface area contributed by atoms with Crippen LogP contribution in [0.15, 0.2) is 53.0 Å². The van der Waals surface area contributed by atoms with Gasteiger partial charge in [-0.15, -0.1) is 0 Å². The van der Waals surface area contributed by atoms with E-state index in [1.807, 2.05) is 12.1 Å². The first-order chi connectivity index (χ1) is 10.2. The first-order valence-electron chi connectivity index (χ1n) is 7.35. The summed E-state index contributed by atoms with van der Waals surface area (Å²) in [6.45, 7) is 3.15. The number of methoxy groups -OCH3 is 1. The van der Waals surface area contributed by atoms with Crippen molar-refractivity contribution in [3.63, 3.8) is 0 Å². The zero-order chi connectivity index (χ0) is 15.1. The van der Waals surface area contributed by atoms with Crippen LogP contribution < -0.4 is 10.1 Å². The number of benzene rings is 2. The molecule has 0 saturated carbocycles. The summed E-state index contributed by atoms with van der Waals surface area (Å²) in [4.78, 5) is 0. The van der Waals surface area contributed by atoms with Crippen LogP contribution in [0.25, 0.3) is 0 Å². The minimum atomic E-state index is 0.386. The Morgan fingerprint density at radius 3 is 2.67 bits per heavy atom. The topological polar surface area (TPSA) is 21.3 Å².